The Balaban J connectivity index is 1.41. The van der Waals surface area contributed by atoms with Gasteiger partial charge in [-0.05, 0) is 61.2 Å². The van der Waals surface area contributed by atoms with Crippen molar-refractivity contribution >= 4 is 23.3 Å². The maximum absolute atomic E-state index is 12.3. The Morgan fingerprint density at radius 1 is 1.03 bits per heavy atom. The van der Waals surface area contributed by atoms with E-state index in [2.05, 4.69) is 10.6 Å². The summed E-state index contributed by atoms with van der Waals surface area (Å²) in [7, 11) is 0. The van der Waals surface area contributed by atoms with Crippen LogP contribution in [0.3, 0.4) is 0 Å². The average molecular weight is 408 g/mol. The van der Waals surface area contributed by atoms with Gasteiger partial charge in [-0.25, -0.2) is 0 Å². The van der Waals surface area contributed by atoms with Crippen LogP contribution in [0.5, 0.6) is 5.75 Å². The van der Waals surface area contributed by atoms with Gasteiger partial charge in [-0.2, -0.15) is 0 Å². The number of ether oxygens (including phenoxy) is 1. The summed E-state index contributed by atoms with van der Waals surface area (Å²) >= 11 is 0. The molecule has 0 heterocycles. The van der Waals surface area contributed by atoms with Gasteiger partial charge in [0.15, 0.2) is 5.78 Å². The van der Waals surface area contributed by atoms with Crippen molar-refractivity contribution in [2.75, 3.05) is 11.9 Å². The molecule has 0 atom stereocenters. The van der Waals surface area contributed by atoms with Crippen LogP contribution in [-0.4, -0.2) is 24.2 Å². The fourth-order valence-electron chi connectivity index (χ4n) is 2.97. The number of hydrogen-bond donors (Lipinski definition) is 2. The number of carbonyl (C=O) groups excluding carboxylic acids is 3. The van der Waals surface area contributed by atoms with Gasteiger partial charge >= 0.3 is 0 Å². The fourth-order valence-corrected chi connectivity index (χ4v) is 2.97. The Hall–Kier alpha value is -3.15. The molecule has 6 heteroatoms. The zero-order valence-electron chi connectivity index (χ0n) is 17.3. The van der Waals surface area contributed by atoms with Crippen LogP contribution in [0.1, 0.15) is 54.9 Å². The van der Waals surface area contributed by atoms with Crippen molar-refractivity contribution in [1.29, 1.82) is 0 Å². The Bertz CT molecular complexity index is 888. The van der Waals surface area contributed by atoms with Gasteiger partial charge in [0.1, 0.15) is 5.75 Å². The van der Waals surface area contributed by atoms with E-state index in [0.717, 1.165) is 36.3 Å². The van der Waals surface area contributed by atoms with Gasteiger partial charge in [0.25, 0.3) is 0 Å². The van der Waals surface area contributed by atoms with E-state index in [1.807, 2.05) is 31.2 Å². The molecule has 1 aliphatic rings. The summed E-state index contributed by atoms with van der Waals surface area (Å²) < 4.78 is 5.51. The predicted octanol–water partition coefficient (Wildman–Crippen LogP) is 4.10. The minimum absolute atomic E-state index is 0.0552. The van der Waals surface area contributed by atoms with Crippen LogP contribution in [0.15, 0.2) is 48.5 Å². The van der Waals surface area contributed by atoms with E-state index in [1.54, 1.807) is 24.3 Å². The highest BCUT2D eigenvalue weighted by molar-refractivity contribution is 5.98. The maximum atomic E-state index is 12.3. The third-order valence-corrected chi connectivity index (χ3v) is 4.86. The molecule has 2 amide bonds. The molecule has 2 aromatic carbocycles. The van der Waals surface area contributed by atoms with E-state index >= 15 is 0 Å². The van der Waals surface area contributed by atoms with Crippen LogP contribution in [-0.2, 0) is 16.1 Å². The molecule has 0 unspecified atom stereocenters. The highest BCUT2D eigenvalue weighted by atomic mass is 16.5. The molecule has 158 valence electrons. The van der Waals surface area contributed by atoms with Crippen LogP contribution in [0.2, 0.25) is 0 Å². The highest BCUT2D eigenvalue weighted by Gasteiger charge is 2.29. The number of amides is 2. The Morgan fingerprint density at radius 2 is 1.80 bits per heavy atom. The van der Waals surface area contributed by atoms with Crippen molar-refractivity contribution in [2.24, 2.45) is 5.92 Å². The second kappa shape index (κ2) is 10.6. The molecule has 1 fully saturated rings. The molecule has 30 heavy (non-hydrogen) atoms. The number of rotatable bonds is 11. The van der Waals surface area contributed by atoms with Gasteiger partial charge < -0.3 is 15.4 Å². The lowest BCUT2D eigenvalue weighted by Crippen LogP contribution is -2.23. The van der Waals surface area contributed by atoms with Crippen molar-refractivity contribution in [3.05, 3.63) is 59.7 Å². The van der Waals surface area contributed by atoms with Crippen LogP contribution in [0.25, 0.3) is 0 Å². The zero-order chi connectivity index (χ0) is 21.3. The van der Waals surface area contributed by atoms with Gasteiger partial charge in [0, 0.05) is 36.6 Å². The summed E-state index contributed by atoms with van der Waals surface area (Å²) in [6.45, 7) is 3.03. The number of Topliss-reactive ketones (excluding diaryl/α,β-unsaturated/α-hetero) is 1. The molecule has 0 radical (unpaired) electrons. The zero-order valence-corrected chi connectivity index (χ0v) is 17.3. The summed E-state index contributed by atoms with van der Waals surface area (Å²) in [5, 5.41) is 5.73. The first-order valence-electron chi connectivity index (χ1n) is 10.5. The molecule has 0 bridgehead atoms. The lowest BCUT2D eigenvalue weighted by Gasteiger charge is -2.09. The molecule has 2 aromatic rings. The summed E-state index contributed by atoms with van der Waals surface area (Å²) in [4.78, 5) is 36.3. The van der Waals surface area contributed by atoms with Gasteiger partial charge in [-0.15, -0.1) is 0 Å². The second-order valence-corrected chi connectivity index (χ2v) is 7.54. The van der Waals surface area contributed by atoms with Gasteiger partial charge in [0.2, 0.25) is 11.8 Å². The standard InChI is InChI=1S/C24H28N2O4/c1-2-14-30-21-10-8-18(9-11-21)22(27)12-13-23(28)25-16-17-4-3-5-20(15-17)26-24(29)19-6-7-19/h3-5,8-11,15,19H,2,6-7,12-14,16H2,1H3,(H,25,28)(H,26,29). The monoisotopic (exact) mass is 408 g/mol. The van der Waals surface area contributed by atoms with Crippen molar-refractivity contribution in [1.82, 2.24) is 5.32 Å². The molecule has 1 saturated carbocycles. The predicted molar refractivity (Wildman–Crippen MR) is 115 cm³/mol. The van der Waals surface area contributed by atoms with E-state index in [0.29, 0.717) is 18.7 Å². The molecule has 0 spiro atoms. The molecular weight excluding hydrogens is 380 g/mol. The fraction of sp³-hybridized carbons (Fsp3) is 0.375. The number of benzene rings is 2. The highest BCUT2D eigenvalue weighted by Crippen LogP contribution is 2.30. The average Bonchev–Trinajstić information content (AvgIpc) is 3.61. The van der Waals surface area contributed by atoms with Crippen LogP contribution >= 0.6 is 0 Å². The van der Waals surface area contributed by atoms with Crippen LogP contribution in [0.4, 0.5) is 5.69 Å². The second-order valence-electron chi connectivity index (χ2n) is 7.54. The third kappa shape index (κ3) is 6.72. The summed E-state index contributed by atoms with van der Waals surface area (Å²) in [5.74, 6) is 0.683. The Labute approximate surface area is 177 Å². The molecule has 3 rings (SSSR count). The molecule has 0 aliphatic heterocycles. The van der Waals surface area contributed by atoms with Crippen molar-refractivity contribution in [3.8, 4) is 5.75 Å². The minimum atomic E-state index is -0.182. The molecule has 0 aromatic heterocycles. The van der Waals surface area contributed by atoms with Gasteiger partial charge in [-0.3, -0.25) is 14.4 Å². The number of carbonyl (C=O) groups is 3. The van der Waals surface area contributed by atoms with Gasteiger partial charge in [0.05, 0.1) is 6.61 Å². The summed E-state index contributed by atoms with van der Waals surface area (Å²) in [6.07, 6.45) is 3.12. The largest absolute Gasteiger partial charge is 0.494 e. The first-order chi connectivity index (χ1) is 14.5. The first kappa shape index (κ1) is 21.6. The van der Waals surface area contributed by atoms with Crippen molar-refractivity contribution in [3.63, 3.8) is 0 Å². The van der Waals surface area contributed by atoms with Crippen LogP contribution in [0, 0.1) is 5.92 Å². The topological polar surface area (TPSA) is 84.5 Å². The molecule has 0 saturated heterocycles. The number of hydrogen-bond acceptors (Lipinski definition) is 4. The van der Waals surface area contributed by atoms with Gasteiger partial charge in [-0.1, -0.05) is 19.1 Å². The quantitative estimate of drug-likeness (QED) is 0.548. The first-order valence-corrected chi connectivity index (χ1v) is 10.5. The molecule has 2 N–H and O–H groups in total. The molecular formula is C24H28N2O4. The molecule has 6 nitrogen and oxygen atoms in total. The molecule has 1 aliphatic carbocycles. The van der Waals surface area contributed by atoms with Crippen LogP contribution < -0.4 is 15.4 Å². The number of ketones is 1. The van der Waals surface area contributed by atoms with E-state index < -0.39 is 0 Å². The maximum Gasteiger partial charge on any atom is 0.227 e. The normalized spacial score (nSPS) is 12.8. The van der Waals surface area contributed by atoms with Crippen molar-refractivity contribution < 1.29 is 19.1 Å². The number of anilines is 1. The lowest BCUT2D eigenvalue weighted by atomic mass is 10.1. The lowest BCUT2D eigenvalue weighted by molar-refractivity contribution is -0.121. The summed E-state index contributed by atoms with van der Waals surface area (Å²) in [5.41, 5.74) is 2.21. The third-order valence-electron chi connectivity index (χ3n) is 4.86. The van der Waals surface area contributed by atoms with E-state index in [4.69, 9.17) is 4.74 Å². The van der Waals surface area contributed by atoms with E-state index in [1.165, 1.54) is 0 Å². The van der Waals surface area contributed by atoms with E-state index in [9.17, 15) is 14.4 Å². The smallest absolute Gasteiger partial charge is 0.227 e. The number of nitrogens with one attached hydrogen (secondary N) is 2. The minimum Gasteiger partial charge on any atom is -0.494 e. The van der Waals surface area contributed by atoms with Crippen molar-refractivity contribution in [2.45, 2.75) is 45.6 Å². The summed E-state index contributed by atoms with van der Waals surface area (Å²) in [6, 6.07) is 14.4. The SMILES string of the molecule is CCCOc1ccc(C(=O)CCC(=O)NCc2cccc(NC(=O)C3CC3)c2)cc1. The Kier molecular flexibility index (Phi) is 7.60. The Morgan fingerprint density at radius 3 is 2.50 bits per heavy atom. The van der Waals surface area contributed by atoms with E-state index in [-0.39, 0.29) is 36.4 Å².